The molecule has 10 heteroatoms. The lowest BCUT2D eigenvalue weighted by molar-refractivity contribution is -0.286. The molecule has 1 atom stereocenters. The first kappa shape index (κ1) is 18.3. The third kappa shape index (κ3) is 6.68. The van der Waals surface area contributed by atoms with Crippen molar-refractivity contribution in [2.24, 2.45) is 0 Å². The van der Waals surface area contributed by atoms with Gasteiger partial charge in [-0.25, -0.2) is 24.2 Å². The number of nitrogens with one attached hydrogen (secondary N) is 1. The molecule has 126 valence electrons. The fraction of sp³-hybridized carbons (Fsp3) is 0.308. The molecule has 0 fully saturated rings. The minimum absolute atomic E-state index is 0.0719. The number of benzene rings is 1. The van der Waals surface area contributed by atoms with Gasteiger partial charge >= 0.3 is 24.2 Å². The first-order valence-electron chi connectivity index (χ1n) is 6.17. The van der Waals surface area contributed by atoms with E-state index in [-0.39, 0.29) is 6.61 Å². The van der Waals surface area contributed by atoms with Crippen molar-refractivity contribution in [2.45, 2.75) is 25.7 Å². The summed E-state index contributed by atoms with van der Waals surface area (Å²) in [7, 11) is 0. The van der Waals surface area contributed by atoms with Crippen LogP contribution in [0.2, 0.25) is 0 Å². The quantitative estimate of drug-likeness (QED) is 0.667. The van der Waals surface area contributed by atoms with Crippen molar-refractivity contribution in [2.75, 3.05) is 0 Å². The van der Waals surface area contributed by atoms with E-state index in [1.54, 1.807) is 30.3 Å². The average molecular weight is 335 g/mol. The molecule has 1 rings (SSSR count). The molecule has 0 saturated heterocycles. The molecule has 0 saturated carbocycles. The standard InChI is InChI=1S/C13H12F3NO6/c1-8(10(18)22-23-11(19)13(14,15)16)17-12(20)21-7-9-5-3-2-4-6-9/h2-6,8H,7H2,1H3,(H,17,20). The van der Waals surface area contributed by atoms with Gasteiger partial charge in [0.05, 0.1) is 0 Å². The highest BCUT2D eigenvalue weighted by molar-refractivity contribution is 5.82. The summed E-state index contributed by atoms with van der Waals surface area (Å²) in [6, 6.07) is 7.23. The van der Waals surface area contributed by atoms with Crippen LogP contribution in [0.1, 0.15) is 12.5 Å². The highest BCUT2D eigenvalue weighted by Gasteiger charge is 2.43. The van der Waals surface area contributed by atoms with E-state index in [1.165, 1.54) is 0 Å². The number of carbonyl (C=O) groups excluding carboxylic acids is 3. The van der Waals surface area contributed by atoms with Gasteiger partial charge in [-0.2, -0.15) is 13.2 Å². The molecule has 0 aliphatic heterocycles. The maximum absolute atomic E-state index is 11.8. The first-order chi connectivity index (χ1) is 10.7. The predicted octanol–water partition coefficient (Wildman–Crippen LogP) is 1.86. The van der Waals surface area contributed by atoms with Gasteiger partial charge in [0.2, 0.25) is 0 Å². The summed E-state index contributed by atoms with van der Waals surface area (Å²) >= 11 is 0. The summed E-state index contributed by atoms with van der Waals surface area (Å²) in [6.45, 7) is 1.03. The van der Waals surface area contributed by atoms with E-state index >= 15 is 0 Å². The number of rotatable bonds is 4. The Labute approximate surface area is 128 Å². The summed E-state index contributed by atoms with van der Waals surface area (Å²) in [6.07, 6.45) is -6.30. The van der Waals surface area contributed by atoms with Crippen molar-refractivity contribution in [3.63, 3.8) is 0 Å². The summed E-state index contributed by atoms with van der Waals surface area (Å²) in [5, 5.41) is 2.00. The number of amides is 1. The van der Waals surface area contributed by atoms with Gasteiger partial charge in [-0.15, -0.1) is 0 Å². The van der Waals surface area contributed by atoms with Gasteiger partial charge in [0.15, 0.2) is 0 Å². The van der Waals surface area contributed by atoms with Crippen LogP contribution in [-0.2, 0) is 30.7 Å². The second-order valence-electron chi connectivity index (χ2n) is 4.20. The molecular formula is C13H12F3NO6. The summed E-state index contributed by atoms with van der Waals surface area (Å²) in [5.41, 5.74) is 0.692. The number of hydrogen-bond donors (Lipinski definition) is 1. The molecule has 0 spiro atoms. The molecule has 0 aliphatic rings. The number of alkyl carbamates (subject to hydrolysis) is 1. The summed E-state index contributed by atoms with van der Waals surface area (Å²) < 4.78 is 40.2. The van der Waals surface area contributed by atoms with E-state index in [9.17, 15) is 27.6 Å². The van der Waals surface area contributed by atoms with Crippen molar-refractivity contribution in [3.05, 3.63) is 35.9 Å². The monoisotopic (exact) mass is 335 g/mol. The number of ether oxygens (including phenoxy) is 1. The van der Waals surface area contributed by atoms with Gasteiger partial charge in [0.25, 0.3) is 0 Å². The highest BCUT2D eigenvalue weighted by Crippen LogP contribution is 2.16. The fourth-order valence-electron chi connectivity index (χ4n) is 1.20. The van der Waals surface area contributed by atoms with E-state index < -0.39 is 30.2 Å². The Kier molecular flexibility index (Phi) is 6.36. The maximum Gasteiger partial charge on any atom is 0.495 e. The van der Waals surface area contributed by atoms with Crippen LogP contribution in [0, 0.1) is 0 Å². The Morgan fingerprint density at radius 1 is 1.13 bits per heavy atom. The third-order valence-corrected chi connectivity index (χ3v) is 2.33. The molecule has 0 radical (unpaired) electrons. The largest absolute Gasteiger partial charge is 0.495 e. The highest BCUT2D eigenvalue weighted by atomic mass is 19.4. The van der Waals surface area contributed by atoms with Crippen LogP contribution in [0.25, 0.3) is 0 Å². The van der Waals surface area contributed by atoms with Gasteiger partial charge in [-0.3, -0.25) is 0 Å². The van der Waals surface area contributed by atoms with Gasteiger partial charge in [-0.05, 0) is 12.5 Å². The Hall–Kier alpha value is -2.78. The first-order valence-corrected chi connectivity index (χ1v) is 6.17. The van der Waals surface area contributed by atoms with Crippen molar-refractivity contribution >= 4 is 18.0 Å². The molecule has 0 aromatic heterocycles. The molecule has 23 heavy (non-hydrogen) atoms. The summed E-state index contributed by atoms with van der Waals surface area (Å²) in [5.74, 6) is -4.09. The lowest BCUT2D eigenvalue weighted by Gasteiger charge is -2.12. The molecule has 7 nitrogen and oxygen atoms in total. The van der Waals surface area contributed by atoms with Gasteiger partial charge in [0.1, 0.15) is 12.6 Å². The zero-order valence-electron chi connectivity index (χ0n) is 11.8. The Morgan fingerprint density at radius 2 is 1.74 bits per heavy atom. The molecule has 1 aromatic carbocycles. The van der Waals surface area contributed by atoms with Crippen LogP contribution in [0.15, 0.2) is 30.3 Å². The van der Waals surface area contributed by atoms with Crippen LogP contribution < -0.4 is 5.32 Å². The Bertz CT molecular complexity index is 561. The van der Waals surface area contributed by atoms with E-state index in [0.717, 1.165) is 6.92 Å². The van der Waals surface area contributed by atoms with E-state index in [2.05, 4.69) is 9.78 Å². The fourth-order valence-corrected chi connectivity index (χ4v) is 1.20. The minimum atomic E-state index is -5.30. The maximum atomic E-state index is 11.8. The second kappa shape index (κ2) is 8.01. The molecule has 0 heterocycles. The predicted molar refractivity (Wildman–Crippen MR) is 67.5 cm³/mol. The smallest absolute Gasteiger partial charge is 0.445 e. The van der Waals surface area contributed by atoms with E-state index in [1.807, 2.05) is 5.32 Å². The number of halogens is 3. The Balaban J connectivity index is 2.34. The molecule has 1 aromatic rings. The van der Waals surface area contributed by atoms with E-state index in [4.69, 9.17) is 4.74 Å². The number of alkyl halides is 3. The lowest BCUT2D eigenvalue weighted by Crippen LogP contribution is -2.40. The minimum Gasteiger partial charge on any atom is -0.445 e. The third-order valence-electron chi connectivity index (χ3n) is 2.33. The van der Waals surface area contributed by atoms with Crippen LogP contribution >= 0.6 is 0 Å². The van der Waals surface area contributed by atoms with Crippen molar-refractivity contribution in [1.82, 2.24) is 5.32 Å². The number of hydrogen-bond acceptors (Lipinski definition) is 6. The zero-order chi connectivity index (χ0) is 17.5. The normalized spacial score (nSPS) is 12.0. The average Bonchev–Trinajstić information content (AvgIpc) is 2.50. The molecule has 1 unspecified atom stereocenters. The van der Waals surface area contributed by atoms with Gasteiger partial charge < -0.3 is 10.1 Å². The molecule has 1 amide bonds. The Morgan fingerprint density at radius 3 is 2.30 bits per heavy atom. The van der Waals surface area contributed by atoms with Gasteiger partial charge in [-0.1, -0.05) is 30.3 Å². The molecule has 0 aliphatic carbocycles. The van der Waals surface area contributed by atoms with Crippen molar-refractivity contribution in [1.29, 1.82) is 0 Å². The van der Waals surface area contributed by atoms with Crippen molar-refractivity contribution in [3.8, 4) is 0 Å². The van der Waals surface area contributed by atoms with Crippen LogP contribution in [0.5, 0.6) is 0 Å². The van der Waals surface area contributed by atoms with Gasteiger partial charge in [0, 0.05) is 0 Å². The van der Waals surface area contributed by atoms with Crippen LogP contribution in [0.4, 0.5) is 18.0 Å². The molecule has 1 N–H and O–H groups in total. The number of carbonyl (C=O) groups is 3. The van der Waals surface area contributed by atoms with Crippen molar-refractivity contribution < 1.29 is 42.1 Å². The topological polar surface area (TPSA) is 90.9 Å². The lowest BCUT2D eigenvalue weighted by atomic mass is 10.2. The van der Waals surface area contributed by atoms with Crippen LogP contribution in [0.3, 0.4) is 0 Å². The van der Waals surface area contributed by atoms with E-state index in [0.29, 0.717) is 5.56 Å². The zero-order valence-corrected chi connectivity index (χ0v) is 11.8. The second-order valence-corrected chi connectivity index (χ2v) is 4.20. The molecular weight excluding hydrogens is 323 g/mol. The van der Waals surface area contributed by atoms with Crippen LogP contribution in [-0.4, -0.2) is 30.2 Å². The SMILES string of the molecule is CC(NC(=O)OCc1ccccc1)C(=O)OOC(=O)C(F)(F)F. The summed E-state index contributed by atoms with van der Waals surface area (Å²) in [4.78, 5) is 40.0. The molecule has 0 bridgehead atoms.